The van der Waals surface area contributed by atoms with Crippen molar-refractivity contribution in [1.29, 1.82) is 0 Å². The van der Waals surface area contributed by atoms with Crippen molar-refractivity contribution in [2.24, 2.45) is 0 Å². The van der Waals surface area contributed by atoms with Gasteiger partial charge in [-0.2, -0.15) is 0 Å². The summed E-state index contributed by atoms with van der Waals surface area (Å²) in [5.74, 6) is -0.813. The van der Waals surface area contributed by atoms with Crippen LogP contribution in [0.2, 0.25) is 5.02 Å². The number of carbonyl (C=O) groups is 2. The van der Waals surface area contributed by atoms with Gasteiger partial charge in [0.2, 0.25) is 21.8 Å². The van der Waals surface area contributed by atoms with E-state index in [4.69, 9.17) is 11.6 Å². The summed E-state index contributed by atoms with van der Waals surface area (Å²) in [5.41, 5.74) is 1.95. The quantitative estimate of drug-likeness (QED) is 0.308. The average molecular weight is 621 g/mol. The molecule has 0 aliphatic carbocycles. The highest BCUT2D eigenvalue weighted by atomic mass is 79.9. The molecule has 2 amide bonds. The number of rotatable bonds is 12. The summed E-state index contributed by atoms with van der Waals surface area (Å²) in [5, 5.41) is 3.41. The number of carbonyl (C=O) groups excluding carboxylic acids is 2. The van der Waals surface area contributed by atoms with Gasteiger partial charge in [0.1, 0.15) is 12.6 Å². The standard InChI is InChI=1S/C28H31BrClN3O4S/c1-3-16-31-28(35)26(18-21-8-5-4-6-9-21)32(19-22-10-7-11-24(30)17-22)27(34)20-33(38(2,36)37)25-14-12-23(29)13-15-25/h4-15,17,26H,3,16,18-20H2,1-2H3,(H,31,35). The van der Waals surface area contributed by atoms with Crippen LogP contribution in [0.5, 0.6) is 0 Å². The lowest BCUT2D eigenvalue weighted by Crippen LogP contribution is -2.53. The number of anilines is 1. The normalized spacial score (nSPS) is 12.0. The molecule has 0 saturated carbocycles. The SMILES string of the molecule is CCCNC(=O)C(Cc1ccccc1)N(Cc1cccc(Cl)c1)C(=O)CN(c1ccc(Br)cc1)S(C)(=O)=O. The van der Waals surface area contributed by atoms with Crippen LogP contribution in [0.25, 0.3) is 0 Å². The molecule has 7 nitrogen and oxygen atoms in total. The van der Waals surface area contributed by atoms with Gasteiger partial charge in [0.25, 0.3) is 0 Å². The molecule has 0 aromatic heterocycles. The Morgan fingerprint density at radius 3 is 2.24 bits per heavy atom. The molecular weight excluding hydrogens is 590 g/mol. The van der Waals surface area contributed by atoms with Crippen LogP contribution in [-0.2, 0) is 32.6 Å². The molecule has 0 saturated heterocycles. The number of nitrogens with one attached hydrogen (secondary N) is 1. The minimum Gasteiger partial charge on any atom is -0.354 e. The van der Waals surface area contributed by atoms with Gasteiger partial charge in [0.05, 0.1) is 11.9 Å². The van der Waals surface area contributed by atoms with Gasteiger partial charge in [-0.25, -0.2) is 8.42 Å². The average Bonchev–Trinajstić information content (AvgIpc) is 2.88. The minimum atomic E-state index is -3.81. The Morgan fingerprint density at radius 2 is 1.63 bits per heavy atom. The highest BCUT2D eigenvalue weighted by Gasteiger charge is 2.33. The molecule has 0 radical (unpaired) electrons. The predicted molar refractivity (Wildman–Crippen MR) is 156 cm³/mol. The van der Waals surface area contributed by atoms with E-state index in [0.29, 0.717) is 17.3 Å². The second kappa shape index (κ2) is 13.8. The summed E-state index contributed by atoms with van der Waals surface area (Å²) in [4.78, 5) is 28.8. The van der Waals surface area contributed by atoms with Crippen LogP contribution in [0.3, 0.4) is 0 Å². The lowest BCUT2D eigenvalue weighted by atomic mass is 10.0. The first kappa shape index (κ1) is 29.7. The largest absolute Gasteiger partial charge is 0.354 e. The van der Waals surface area contributed by atoms with Crippen molar-refractivity contribution in [2.75, 3.05) is 23.7 Å². The van der Waals surface area contributed by atoms with E-state index in [1.807, 2.05) is 43.3 Å². The van der Waals surface area contributed by atoms with Crippen molar-refractivity contribution < 1.29 is 18.0 Å². The van der Waals surface area contributed by atoms with E-state index in [0.717, 1.165) is 32.6 Å². The van der Waals surface area contributed by atoms with E-state index in [2.05, 4.69) is 21.2 Å². The van der Waals surface area contributed by atoms with Gasteiger partial charge in [-0.3, -0.25) is 13.9 Å². The van der Waals surface area contributed by atoms with Gasteiger partial charge in [0, 0.05) is 29.0 Å². The fourth-order valence-corrected chi connectivity index (χ4v) is 5.30. The van der Waals surface area contributed by atoms with Crippen LogP contribution in [0.15, 0.2) is 83.3 Å². The number of hydrogen-bond acceptors (Lipinski definition) is 4. The Morgan fingerprint density at radius 1 is 0.974 bits per heavy atom. The molecule has 0 heterocycles. The molecule has 3 aromatic rings. The van der Waals surface area contributed by atoms with Gasteiger partial charge in [0.15, 0.2) is 0 Å². The number of hydrogen-bond donors (Lipinski definition) is 1. The zero-order chi connectivity index (χ0) is 27.7. The highest BCUT2D eigenvalue weighted by Crippen LogP contribution is 2.23. The summed E-state index contributed by atoms with van der Waals surface area (Å²) in [6.45, 7) is 2.02. The van der Waals surface area contributed by atoms with Crippen molar-refractivity contribution in [3.63, 3.8) is 0 Å². The van der Waals surface area contributed by atoms with Crippen LogP contribution in [-0.4, -0.2) is 50.5 Å². The second-order valence-corrected chi connectivity index (χ2v) is 12.2. The smallest absolute Gasteiger partial charge is 0.244 e. The highest BCUT2D eigenvalue weighted by molar-refractivity contribution is 9.10. The number of sulfonamides is 1. The van der Waals surface area contributed by atoms with E-state index in [9.17, 15) is 18.0 Å². The third-order valence-electron chi connectivity index (χ3n) is 5.86. The first-order valence-electron chi connectivity index (χ1n) is 12.2. The molecule has 202 valence electrons. The van der Waals surface area contributed by atoms with E-state index in [1.54, 1.807) is 42.5 Å². The van der Waals surface area contributed by atoms with Crippen molar-refractivity contribution >= 4 is 55.1 Å². The fraction of sp³-hybridized carbons (Fsp3) is 0.286. The maximum atomic E-state index is 13.9. The Hall–Kier alpha value is -2.88. The van der Waals surface area contributed by atoms with Gasteiger partial charge >= 0.3 is 0 Å². The number of amides is 2. The lowest BCUT2D eigenvalue weighted by Gasteiger charge is -2.33. The van der Waals surface area contributed by atoms with Crippen molar-refractivity contribution in [3.8, 4) is 0 Å². The van der Waals surface area contributed by atoms with Crippen LogP contribution in [0.1, 0.15) is 24.5 Å². The zero-order valence-electron chi connectivity index (χ0n) is 21.3. The lowest BCUT2D eigenvalue weighted by molar-refractivity contribution is -0.140. The molecule has 3 aromatic carbocycles. The topological polar surface area (TPSA) is 86.8 Å². The Kier molecular flexibility index (Phi) is 10.8. The first-order chi connectivity index (χ1) is 18.1. The van der Waals surface area contributed by atoms with E-state index in [-0.39, 0.29) is 18.9 Å². The molecule has 3 rings (SSSR count). The summed E-state index contributed by atoms with van der Waals surface area (Å²) in [7, 11) is -3.81. The third-order valence-corrected chi connectivity index (χ3v) is 7.76. The van der Waals surface area contributed by atoms with Crippen LogP contribution in [0, 0.1) is 0 Å². The Labute approximate surface area is 238 Å². The summed E-state index contributed by atoms with van der Waals surface area (Å²) < 4.78 is 27.4. The Balaban J connectivity index is 2.03. The molecule has 0 fully saturated rings. The molecule has 0 bridgehead atoms. The number of halogens is 2. The van der Waals surface area contributed by atoms with E-state index in [1.165, 1.54) is 4.90 Å². The molecule has 1 unspecified atom stereocenters. The molecular formula is C28H31BrClN3O4S. The van der Waals surface area contributed by atoms with E-state index < -0.39 is 28.5 Å². The molecule has 38 heavy (non-hydrogen) atoms. The summed E-state index contributed by atoms with van der Waals surface area (Å²) in [6, 6.07) is 22.2. The second-order valence-electron chi connectivity index (χ2n) is 8.89. The van der Waals surface area contributed by atoms with Gasteiger partial charge in [-0.05, 0) is 53.9 Å². The van der Waals surface area contributed by atoms with E-state index >= 15 is 0 Å². The monoisotopic (exact) mass is 619 g/mol. The van der Waals surface area contributed by atoms with Gasteiger partial charge < -0.3 is 10.2 Å². The van der Waals surface area contributed by atoms with Gasteiger partial charge in [-0.1, -0.05) is 76.9 Å². The zero-order valence-corrected chi connectivity index (χ0v) is 24.5. The van der Waals surface area contributed by atoms with Crippen LogP contribution in [0.4, 0.5) is 5.69 Å². The summed E-state index contributed by atoms with van der Waals surface area (Å²) in [6.07, 6.45) is 2.05. The van der Waals surface area contributed by atoms with Crippen LogP contribution >= 0.6 is 27.5 Å². The summed E-state index contributed by atoms with van der Waals surface area (Å²) >= 11 is 9.56. The van der Waals surface area contributed by atoms with Crippen molar-refractivity contribution in [2.45, 2.75) is 32.4 Å². The molecule has 1 atom stereocenters. The maximum Gasteiger partial charge on any atom is 0.244 e. The maximum absolute atomic E-state index is 13.9. The minimum absolute atomic E-state index is 0.0778. The predicted octanol–water partition coefficient (Wildman–Crippen LogP) is 5.03. The first-order valence-corrected chi connectivity index (χ1v) is 15.2. The third kappa shape index (κ3) is 8.58. The molecule has 0 aliphatic rings. The Bertz CT molecular complexity index is 1340. The molecule has 10 heteroatoms. The van der Waals surface area contributed by atoms with Crippen molar-refractivity contribution in [1.82, 2.24) is 10.2 Å². The number of benzene rings is 3. The van der Waals surface area contributed by atoms with Crippen LogP contribution < -0.4 is 9.62 Å². The molecule has 0 aliphatic heterocycles. The number of nitrogens with zero attached hydrogens (tertiary/aromatic N) is 2. The molecule has 0 spiro atoms. The fourth-order valence-electron chi connectivity index (χ4n) is 3.97. The molecule has 1 N–H and O–H groups in total. The van der Waals surface area contributed by atoms with Gasteiger partial charge in [-0.15, -0.1) is 0 Å². The van der Waals surface area contributed by atoms with Crippen molar-refractivity contribution in [3.05, 3.63) is 99.5 Å².